The van der Waals surface area contributed by atoms with Crippen LogP contribution in [0.25, 0.3) is 10.8 Å². The SMILES string of the molecule is O=C1OC[C@H](COCc2ccccc2)[C@H]1c1ccc2ccccc2c1. The highest BCUT2D eigenvalue weighted by Crippen LogP contribution is 2.34. The second kappa shape index (κ2) is 7.08. The molecule has 0 bridgehead atoms. The average Bonchev–Trinajstić information content (AvgIpc) is 3.03. The van der Waals surface area contributed by atoms with Crippen LogP contribution in [0, 0.1) is 5.92 Å². The van der Waals surface area contributed by atoms with Crippen molar-refractivity contribution < 1.29 is 14.3 Å². The summed E-state index contributed by atoms with van der Waals surface area (Å²) >= 11 is 0. The lowest BCUT2D eigenvalue weighted by atomic mass is 9.88. The summed E-state index contributed by atoms with van der Waals surface area (Å²) < 4.78 is 11.2. The lowest BCUT2D eigenvalue weighted by Gasteiger charge is -2.16. The zero-order valence-electron chi connectivity index (χ0n) is 13.9. The van der Waals surface area contributed by atoms with Crippen LogP contribution in [0.5, 0.6) is 0 Å². The molecule has 3 nitrogen and oxygen atoms in total. The molecule has 0 amide bonds. The van der Waals surface area contributed by atoms with Gasteiger partial charge in [-0.25, -0.2) is 0 Å². The maximum absolute atomic E-state index is 12.3. The molecular weight excluding hydrogens is 312 g/mol. The van der Waals surface area contributed by atoms with Gasteiger partial charge in [-0.15, -0.1) is 0 Å². The Hall–Kier alpha value is -2.65. The molecule has 3 aromatic rings. The van der Waals surface area contributed by atoms with Gasteiger partial charge in [-0.05, 0) is 21.9 Å². The number of carbonyl (C=O) groups is 1. The van der Waals surface area contributed by atoms with Crippen molar-refractivity contribution in [2.24, 2.45) is 5.92 Å². The Balaban J connectivity index is 1.49. The molecule has 25 heavy (non-hydrogen) atoms. The number of carbonyl (C=O) groups excluding carboxylic acids is 1. The van der Waals surface area contributed by atoms with Gasteiger partial charge in [0.15, 0.2) is 0 Å². The topological polar surface area (TPSA) is 35.5 Å². The fraction of sp³-hybridized carbons (Fsp3) is 0.227. The lowest BCUT2D eigenvalue weighted by molar-refractivity contribution is -0.139. The molecule has 1 aliphatic heterocycles. The first-order chi connectivity index (χ1) is 12.3. The highest BCUT2D eigenvalue weighted by molar-refractivity contribution is 5.86. The molecule has 1 fully saturated rings. The number of rotatable bonds is 5. The first-order valence-electron chi connectivity index (χ1n) is 8.58. The average molecular weight is 332 g/mol. The van der Waals surface area contributed by atoms with Crippen LogP contribution in [-0.2, 0) is 20.9 Å². The molecule has 0 radical (unpaired) electrons. The van der Waals surface area contributed by atoms with Crippen LogP contribution in [0.3, 0.4) is 0 Å². The van der Waals surface area contributed by atoms with E-state index in [4.69, 9.17) is 9.47 Å². The number of ether oxygens (including phenoxy) is 2. The second-order valence-corrected chi connectivity index (χ2v) is 6.48. The predicted molar refractivity (Wildman–Crippen MR) is 97.2 cm³/mol. The fourth-order valence-electron chi connectivity index (χ4n) is 3.42. The molecule has 0 aromatic heterocycles. The van der Waals surface area contributed by atoms with Crippen molar-refractivity contribution in [1.82, 2.24) is 0 Å². The number of hydrogen-bond donors (Lipinski definition) is 0. The molecular formula is C22H20O3. The van der Waals surface area contributed by atoms with E-state index in [9.17, 15) is 4.79 Å². The molecule has 0 saturated carbocycles. The quantitative estimate of drug-likeness (QED) is 0.653. The summed E-state index contributed by atoms with van der Waals surface area (Å²) in [6, 6.07) is 24.4. The third kappa shape index (κ3) is 3.42. The summed E-state index contributed by atoms with van der Waals surface area (Å²) in [5, 5.41) is 2.32. The molecule has 3 heteroatoms. The number of benzene rings is 3. The Morgan fingerprint density at radius 3 is 2.52 bits per heavy atom. The van der Waals surface area contributed by atoms with E-state index in [2.05, 4.69) is 24.3 Å². The van der Waals surface area contributed by atoms with E-state index in [0.29, 0.717) is 19.8 Å². The number of cyclic esters (lactones) is 1. The van der Waals surface area contributed by atoms with Crippen molar-refractivity contribution in [2.45, 2.75) is 12.5 Å². The predicted octanol–water partition coefficient (Wildman–Crippen LogP) is 4.31. The maximum Gasteiger partial charge on any atom is 0.313 e. The minimum atomic E-state index is -0.250. The third-order valence-electron chi connectivity index (χ3n) is 4.74. The minimum Gasteiger partial charge on any atom is -0.465 e. The van der Waals surface area contributed by atoms with Crippen LogP contribution in [0.1, 0.15) is 17.0 Å². The molecule has 1 heterocycles. The van der Waals surface area contributed by atoms with Gasteiger partial charge in [0.25, 0.3) is 0 Å². The van der Waals surface area contributed by atoms with Gasteiger partial charge in [0.1, 0.15) is 0 Å². The second-order valence-electron chi connectivity index (χ2n) is 6.48. The van der Waals surface area contributed by atoms with E-state index < -0.39 is 0 Å². The van der Waals surface area contributed by atoms with E-state index in [1.807, 2.05) is 48.5 Å². The Bertz CT molecular complexity index is 873. The molecule has 0 unspecified atom stereocenters. The summed E-state index contributed by atoms with van der Waals surface area (Å²) in [4.78, 5) is 12.3. The van der Waals surface area contributed by atoms with Gasteiger partial charge in [-0.1, -0.05) is 72.8 Å². The van der Waals surface area contributed by atoms with Crippen LogP contribution < -0.4 is 0 Å². The van der Waals surface area contributed by atoms with Crippen molar-refractivity contribution in [3.8, 4) is 0 Å². The van der Waals surface area contributed by atoms with Crippen LogP contribution >= 0.6 is 0 Å². The lowest BCUT2D eigenvalue weighted by Crippen LogP contribution is -2.19. The van der Waals surface area contributed by atoms with Gasteiger partial charge in [-0.3, -0.25) is 4.79 Å². The standard InChI is InChI=1S/C22H20O3/c23-22-21(19-11-10-17-8-4-5-9-18(17)12-19)20(15-25-22)14-24-13-16-6-2-1-3-7-16/h1-12,20-21H,13-15H2/t20-,21+/m0/s1. The van der Waals surface area contributed by atoms with Gasteiger partial charge < -0.3 is 9.47 Å². The smallest absolute Gasteiger partial charge is 0.313 e. The van der Waals surface area contributed by atoms with E-state index in [1.54, 1.807) is 0 Å². The first kappa shape index (κ1) is 15.9. The minimum absolute atomic E-state index is 0.0531. The highest BCUT2D eigenvalue weighted by atomic mass is 16.5. The van der Waals surface area contributed by atoms with Crippen molar-refractivity contribution >= 4 is 16.7 Å². The van der Waals surface area contributed by atoms with E-state index in [-0.39, 0.29) is 17.8 Å². The molecule has 3 aromatic carbocycles. The Morgan fingerprint density at radius 2 is 1.68 bits per heavy atom. The molecule has 4 rings (SSSR count). The van der Waals surface area contributed by atoms with E-state index in [1.165, 1.54) is 5.39 Å². The summed E-state index contributed by atoms with van der Waals surface area (Å²) in [6.07, 6.45) is 0. The summed E-state index contributed by atoms with van der Waals surface area (Å²) in [7, 11) is 0. The fourth-order valence-corrected chi connectivity index (χ4v) is 3.42. The van der Waals surface area contributed by atoms with Crippen LogP contribution in [0.15, 0.2) is 72.8 Å². The van der Waals surface area contributed by atoms with Crippen molar-refractivity contribution in [1.29, 1.82) is 0 Å². The summed E-state index contributed by atoms with van der Waals surface area (Å²) in [5.41, 5.74) is 2.14. The molecule has 0 spiro atoms. The van der Waals surface area contributed by atoms with Gasteiger partial charge >= 0.3 is 5.97 Å². The zero-order chi connectivity index (χ0) is 17.1. The largest absolute Gasteiger partial charge is 0.465 e. The molecule has 2 atom stereocenters. The van der Waals surface area contributed by atoms with Gasteiger partial charge in [0.05, 0.1) is 25.7 Å². The Kier molecular flexibility index (Phi) is 4.49. The Morgan fingerprint density at radius 1 is 0.920 bits per heavy atom. The molecule has 0 N–H and O–H groups in total. The molecule has 1 saturated heterocycles. The van der Waals surface area contributed by atoms with Crippen LogP contribution in [-0.4, -0.2) is 19.2 Å². The maximum atomic E-state index is 12.3. The molecule has 1 aliphatic rings. The Labute approximate surface area is 147 Å². The van der Waals surface area contributed by atoms with Gasteiger partial charge in [-0.2, -0.15) is 0 Å². The normalized spacial score (nSPS) is 19.9. The third-order valence-corrected chi connectivity index (χ3v) is 4.74. The number of hydrogen-bond acceptors (Lipinski definition) is 3. The monoisotopic (exact) mass is 332 g/mol. The number of esters is 1. The van der Waals surface area contributed by atoms with Crippen molar-refractivity contribution in [3.05, 3.63) is 83.9 Å². The van der Waals surface area contributed by atoms with Crippen molar-refractivity contribution in [3.63, 3.8) is 0 Å². The highest BCUT2D eigenvalue weighted by Gasteiger charge is 2.38. The van der Waals surface area contributed by atoms with Crippen LogP contribution in [0.2, 0.25) is 0 Å². The van der Waals surface area contributed by atoms with E-state index >= 15 is 0 Å². The molecule has 0 aliphatic carbocycles. The zero-order valence-corrected chi connectivity index (χ0v) is 13.9. The number of fused-ring (bicyclic) bond motifs is 1. The van der Waals surface area contributed by atoms with Gasteiger partial charge in [0, 0.05) is 5.92 Å². The first-order valence-corrected chi connectivity index (χ1v) is 8.58. The van der Waals surface area contributed by atoms with Crippen molar-refractivity contribution in [2.75, 3.05) is 13.2 Å². The van der Waals surface area contributed by atoms with Crippen LogP contribution in [0.4, 0.5) is 0 Å². The van der Waals surface area contributed by atoms with Gasteiger partial charge in [0.2, 0.25) is 0 Å². The van der Waals surface area contributed by atoms with E-state index in [0.717, 1.165) is 16.5 Å². The summed E-state index contributed by atoms with van der Waals surface area (Å²) in [6.45, 7) is 1.49. The molecule has 126 valence electrons. The summed E-state index contributed by atoms with van der Waals surface area (Å²) in [5.74, 6) is -0.346.